The maximum atomic E-state index is 5.46. The van der Waals surface area contributed by atoms with E-state index < -0.39 is 17.6 Å². The highest BCUT2D eigenvalue weighted by Crippen LogP contribution is 2.19. The first-order chi connectivity index (χ1) is 10.8. The second-order valence-corrected chi connectivity index (χ2v) is 12.4. The fourth-order valence-electron chi connectivity index (χ4n) is 2.67. The maximum absolute atomic E-state index is 5.46. The molecule has 0 aliphatic carbocycles. The van der Waals surface area contributed by atoms with Gasteiger partial charge in [-0.05, 0) is 0 Å². The highest BCUT2D eigenvalue weighted by atomic mass is 35.5. The van der Waals surface area contributed by atoms with Crippen molar-refractivity contribution >= 4 is 17.6 Å². The Kier molecular flexibility index (Phi) is 14.2. The number of rotatable bonds is 14. The van der Waals surface area contributed by atoms with Crippen LogP contribution in [0, 0.1) is 0 Å². The number of nitrogens with zero attached hydrogens (tertiary/aromatic N) is 1. The van der Waals surface area contributed by atoms with Gasteiger partial charge in [0.2, 0.25) is 0 Å². The molecule has 0 atom stereocenters. The van der Waals surface area contributed by atoms with Crippen molar-refractivity contribution in [3.8, 4) is 0 Å². The fourth-order valence-corrected chi connectivity index (χ4v) is 6.08. The summed E-state index contributed by atoms with van der Waals surface area (Å²) in [5.74, 6) is 0. The molecular formula is C14H36ClNO6Si2. The van der Waals surface area contributed by atoms with Crippen molar-refractivity contribution in [3.05, 3.63) is 0 Å². The molecule has 0 amide bonds. The van der Waals surface area contributed by atoms with Gasteiger partial charge in [-0.15, -0.1) is 0 Å². The lowest BCUT2D eigenvalue weighted by Crippen LogP contribution is -3.00. The first kappa shape index (κ1) is 26.7. The van der Waals surface area contributed by atoms with Gasteiger partial charge in [-0.2, -0.15) is 0 Å². The van der Waals surface area contributed by atoms with Crippen molar-refractivity contribution in [1.29, 1.82) is 0 Å². The molecular weight excluding hydrogens is 370 g/mol. The summed E-state index contributed by atoms with van der Waals surface area (Å²) < 4.78 is 33.7. The van der Waals surface area contributed by atoms with Crippen LogP contribution in [0.4, 0.5) is 0 Å². The Balaban J connectivity index is 0. The summed E-state index contributed by atoms with van der Waals surface area (Å²) >= 11 is 0. The van der Waals surface area contributed by atoms with Gasteiger partial charge >= 0.3 is 17.6 Å². The Morgan fingerprint density at radius 1 is 0.583 bits per heavy atom. The lowest BCUT2D eigenvalue weighted by atomic mass is 10.3. The molecule has 0 aromatic heterocycles. The van der Waals surface area contributed by atoms with Gasteiger partial charge in [-0.3, -0.25) is 0 Å². The zero-order valence-corrected chi connectivity index (χ0v) is 19.3. The van der Waals surface area contributed by atoms with Crippen LogP contribution in [-0.4, -0.2) is 91.9 Å². The lowest BCUT2D eigenvalue weighted by molar-refractivity contribution is -0.890. The third-order valence-electron chi connectivity index (χ3n) is 4.36. The average Bonchev–Trinajstić information content (AvgIpc) is 2.56. The van der Waals surface area contributed by atoms with Crippen molar-refractivity contribution in [2.24, 2.45) is 0 Å². The summed E-state index contributed by atoms with van der Waals surface area (Å²) in [5.41, 5.74) is 0. The summed E-state index contributed by atoms with van der Waals surface area (Å²) in [5, 5.41) is 0. The summed E-state index contributed by atoms with van der Waals surface area (Å²) in [6.07, 6.45) is 1.99. The molecule has 0 saturated heterocycles. The molecule has 0 aliphatic rings. The van der Waals surface area contributed by atoms with Crippen LogP contribution in [0.2, 0.25) is 12.1 Å². The number of hydrogen-bond acceptors (Lipinski definition) is 6. The Labute approximate surface area is 156 Å². The van der Waals surface area contributed by atoms with Gasteiger partial charge in [0.1, 0.15) is 0 Å². The highest BCUT2D eigenvalue weighted by Gasteiger charge is 2.39. The summed E-state index contributed by atoms with van der Waals surface area (Å²) in [4.78, 5) is 0. The van der Waals surface area contributed by atoms with E-state index in [2.05, 4.69) is 14.1 Å². The second-order valence-electron chi connectivity index (χ2n) is 6.18. The van der Waals surface area contributed by atoms with Crippen molar-refractivity contribution in [3.63, 3.8) is 0 Å². The van der Waals surface area contributed by atoms with Gasteiger partial charge in [0.25, 0.3) is 0 Å². The van der Waals surface area contributed by atoms with E-state index in [1.54, 1.807) is 42.7 Å². The van der Waals surface area contributed by atoms with Crippen molar-refractivity contribution in [1.82, 2.24) is 0 Å². The van der Waals surface area contributed by atoms with Crippen molar-refractivity contribution in [2.45, 2.75) is 24.9 Å². The van der Waals surface area contributed by atoms with Gasteiger partial charge in [0.05, 0.1) is 27.2 Å². The van der Waals surface area contributed by atoms with Gasteiger partial charge in [0.15, 0.2) is 0 Å². The zero-order valence-electron chi connectivity index (χ0n) is 16.5. The summed E-state index contributed by atoms with van der Waals surface area (Å²) in [7, 11) is 9.48. The third kappa shape index (κ3) is 8.70. The van der Waals surface area contributed by atoms with Crippen LogP contribution in [0.25, 0.3) is 0 Å². The van der Waals surface area contributed by atoms with Crippen LogP contribution < -0.4 is 12.4 Å². The maximum Gasteiger partial charge on any atom is 0.500 e. The van der Waals surface area contributed by atoms with Crippen LogP contribution in [0.5, 0.6) is 0 Å². The van der Waals surface area contributed by atoms with Crippen LogP contribution in [0.3, 0.4) is 0 Å². The molecule has 10 heteroatoms. The normalized spacial score (nSPS) is 13.0. The third-order valence-corrected chi connectivity index (χ3v) is 10.0. The van der Waals surface area contributed by atoms with E-state index in [0.29, 0.717) is 0 Å². The van der Waals surface area contributed by atoms with E-state index >= 15 is 0 Å². The van der Waals surface area contributed by atoms with Gasteiger partial charge in [-0.1, -0.05) is 0 Å². The monoisotopic (exact) mass is 405 g/mol. The predicted octanol–water partition coefficient (Wildman–Crippen LogP) is -1.40. The molecule has 0 aromatic rings. The van der Waals surface area contributed by atoms with E-state index in [1.165, 1.54) is 0 Å². The average molecular weight is 406 g/mol. The minimum Gasteiger partial charge on any atom is -1.00 e. The Morgan fingerprint density at radius 3 is 1.04 bits per heavy atom. The smallest absolute Gasteiger partial charge is 0.500 e. The van der Waals surface area contributed by atoms with Gasteiger partial charge in [-0.25, -0.2) is 0 Å². The van der Waals surface area contributed by atoms with E-state index in [9.17, 15) is 0 Å². The van der Waals surface area contributed by atoms with Crippen LogP contribution in [0.1, 0.15) is 12.8 Å². The number of quaternary nitrogens is 1. The molecule has 0 rings (SSSR count). The Morgan fingerprint density at radius 2 is 0.833 bits per heavy atom. The molecule has 0 bridgehead atoms. The second kappa shape index (κ2) is 12.7. The Bertz CT molecular complexity index is 273. The van der Waals surface area contributed by atoms with Crippen LogP contribution in [0.15, 0.2) is 0 Å². The molecule has 148 valence electrons. The SMILES string of the molecule is CO[Si](CCC[N+](C)(C)CCC[Si](OC)(OC)OC)(OC)OC.[Cl-]. The highest BCUT2D eigenvalue weighted by molar-refractivity contribution is 6.60. The molecule has 0 aromatic carbocycles. The zero-order chi connectivity index (χ0) is 18.0. The first-order valence-electron chi connectivity index (χ1n) is 7.91. The van der Waals surface area contributed by atoms with Crippen LogP contribution in [-0.2, 0) is 26.6 Å². The minimum absolute atomic E-state index is 0. The molecule has 7 nitrogen and oxygen atoms in total. The van der Waals surface area contributed by atoms with E-state index in [0.717, 1.165) is 42.5 Å². The molecule has 0 N–H and O–H groups in total. The molecule has 0 spiro atoms. The molecule has 0 unspecified atom stereocenters. The van der Waals surface area contributed by atoms with Crippen molar-refractivity contribution < 1.29 is 43.4 Å². The topological polar surface area (TPSA) is 55.4 Å². The lowest BCUT2D eigenvalue weighted by Gasteiger charge is -2.32. The van der Waals surface area contributed by atoms with Gasteiger partial charge < -0.3 is 43.4 Å². The molecule has 0 heterocycles. The fraction of sp³-hybridized carbons (Fsp3) is 1.00. The quantitative estimate of drug-likeness (QED) is 0.262. The molecule has 0 aliphatic heterocycles. The number of hydrogen-bond donors (Lipinski definition) is 0. The predicted molar refractivity (Wildman–Crippen MR) is 94.3 cm³/mol. The van der Waals surface area contributed by atoms with Gasteiger partial charge in [0, 0.05) is 67.6 Å². The molecule has 0 saturated carbocycles. The molecule has 24 heavy (non-hydrogen) atoms. The van der Waals surface area contributed by atoms with Crippen LogP contribution >= 0.6 is 0 Å². The van der Waals surface area contributed by atoms with E-state index in [1.807, 2.05) is 0 Å². The van der Waals surface area contributed by atoms with Crippen molar-refractivity contribution in [2.75, 3.05) is 69.8 Å². The molecule has 0 radical (unpaired) electrons. The summed E-state index contributed by atoms with van der Waals surface area (Å²) in [6.45, 7) is 2.07. The minimum atomic E-state index is -2.46. The summed E-state index contributed by atoms with van der Waals surface area (Å²) in [6, 6.07) is 1.65. The molecule has 0 fully saturated rings. The first-order valence-corrected chi connectivity index (χ1v) is 11.8. The Hall–Kier alpha value is 0.444. The standard InChI is InChI=1S/C14H36NO6Si2.ClH/c1-15(2,11-9-13-22(16-3,17-4)18-5)12-10-14-23(19-6,20-7)21-8;/h9-14H2,1-8H3;1H/q+1;/p-1. The largest absolute Gasteiger partial charge is 1.00 e. The van der Waals surface area contributed by atoms with E-state index in [4.69, 9.17) is 26.6 Å². The number of halogens is 1. The van der Waals surface area contributed by atoms with E-state index in [-0.39, 0.29) is 12.4 Å².